The lowest BCUT2D eigenvalue weighted by Crippen LogP contribution is -2.33. The Hall–Kier alpha value is -1.75. The van der Waals surface area contributed by atoms with Gasteiger partial charge >= 0.3 is 0 Å². The maximum absolute atomic E-state index is 5.71. The number of pyridine rings is 1. The van der Waals surface area contributed by atoms with Gasteiger partial charge in [-0.3, -0.25) is 4.98 Å². The van der Waals surface area contributed by atoms with Crippen molar-refractivity contribution < 1.29 is 9.47 Å². The fraction of sp³-hybridized carbons (Fsp3) is 0.389. The largest absolute Gasteiger partial charge is 0.378 e. The molecule has 0 aliphatic heterocycles. The molecule has 1 aromatic heterocycles. The Morgan fingerprint density at radius 1 is 1.09 bits per heavy atom. The molecule has 4 nitrogen and oxygen atoms in total. The van der Waals surface area contributed by atoms with E-state index < -0.39 is 0 Å². The zero-order chi connectivity index (χ0) is 15.5. The van der Waals surface area contributed by atoms with Crippen LogP contribution < -0.4 is 5.32 Å². The summed E-state index contributed by atoms with van der Waals surface area (Å²) in [6.45, 7) is 2.87. The van der Waals surface area contributed by atoms with Gasteiger partial charge in [0.25, 0.3) is 0 Å². The van der Waals surface area contributed by atoms with Crippen LogP contribution in [0.5, 0.6) is 0 Å². The molecule has 2 aromatic rings. The molecule has 118 valence electrons. The first kappa shape index (κ1) is 16.6. The van der Waals surface area contributed by atoms with Gasteiger partial charge in [-0.1, -0.05) is 36.4 Å². The van der Waals surface area contributed by atoms with E-state index in [1.807, 2.05) is 42.6 Å². The first-order chi connectivity index (χ1) is 10.9. The molecule has 4 heteroatoms. The lowest BCUT2D eigenvalue weighted by atomic mass is 10.2. The van der Waals surface area contributed by atoms with Crippen LogP contribution in [-0.4, -0.2) is 37.9 Å². The maximum atomic E-state index is 5.71. The van der Waals surface area contributed by atoms with Crippen LogP contribution in [0, 0.1) is 0 Å². The standard InChI is InChI=1S/C18H24N2O2/c1-21-18(15-22-14-16-7-3-2-4-8-16)13-19-12-10-17-9-5-6-11-20-17/h2-9,11,18-19H,10,12-15H2,1H3/t18-/m1/s1. The molecule has 22 heavy (non-hydrogen) atoms. The van der Waals surface area contributed by atoms with Gasteiger partial charge in [-0.15, -0.1) is 0 Å². The van der Waals surface area contributed by atoms with Crippen LogP contribution in [0.2, 0.25) is 0 Å². The predicted octanol–water partition coefficient (Wildman–Crippen LogP) is 2.45. The van der Waals surface area contributed by atoms with Gasteiger partial charge in [0.15, 0.2) is 0 Å². The zero-order valence-corrected chi connectivity index (χ0v) is 13.1. The Morgan fingerprint density at radius 2 is 1.91 bits per heavy atom. The number of ether oxygens (including phenoxy) is 2. The fourth-order valence-electron chi connectivity index (χ4n) is 2.12. The van der Waals surface area contributed by atoms with E-state index in [2.05, 4.69) is 22.4 Å². The van der Waals surface area contributed by atoms with Gasteiger partial charge in [-0.2, -0.15) is 0 Å². The lowest BCUT2D eigenvalue weighted by molar-refractivity contribution is 0.00293. The van der Waals surface area contributed by atoms with Crippen molar-refractivity contribution in [3.8, 4) is 0 Å². The summed E-state index contributed by atoms with van der Waals surface area (Å²) in [6.07, 6.45) is 2.81. The smallest absolute Gasteiger partial charge is 0.0928 e. The number of aromatic nitrogens is 1. The third kappa shape index (κ3) is 6.35. The van der Waals surface area contributed by atoms with Crippen LogP contribution in [0.15, 0.2) is 54.7 Å². The minimum absolute atomic E-state index is 0.0624. The van der Waals surface area contributed by atoms with Crippen molar-refractivity contribution in [1.29, 1.82) is 0 Å². The van der Waals surface area contributed by atoms with Crippen molar-refractivity contribution in [1.82, 2.24) is 10.3 Å². The number of hydrogen-bond donors (Lipinski definition) is 1. The average molecular weight is 300 g/mol. The highest BCUT2D eigenvalue weighted by atomic mass is 16.5. The summed E-state index contributed by atoms with van der Waals surface area (Å²) in [5, 5.41) is 3.39. The molecule has 0 fully saturated rings. The van der Waals surface area contributed by atoms with E-state index in [4.69, 9.17) is 9.47 Å². The van der Waals surface area contributed by atoms with Gasteiger partial charge in [0.1, 0.15) is 0 Å². The number of hydrogen-bond acceptors (Lipinski definition) is 4. The number of benzene rings is 1. The quantitative estimate of drug-likeness (QED) is 0.685. The molecule has 1 N–H and O–H groups in total. The Bertz CT molecular complexity index is 505. The number of nitrogens with zero attached hydrogens (tertiary/aromatic N) is 1. The highest BCUT2D eigenvalue weighted by Crippen LogP contribution is 2.02. The first-order valence-electron chi connectivity index (χ1n) is 7.63. The van der Waals surface area contributed by atoms with Crippen LogP contribution in [-0.2, 0) is 22.5 Å². The molecular formula is C18H24N2O2. The SMILES string of the molecule is CO[C@H](CNCCc1ccccn1)COCc1ccccc1. The van der Waals surface area contributed by atoms with Gasteiger partial charge in [0, 0.05) is 38.5 Å². The summed E-state index contributed by atoms with van der Waals surface area (Å²) >= 11 is 0. The van der Waals surface area contributed by atoms with Crippen LogP contribution in [0.25, 0.3) is 0 Å². The average Bonchev–Trinajstić information content (AvgIpc) is 2.59. The van der Waals surface area contributed by atoms with Gasteiger partial charge in [0.2, 0.25) is 0 Å². The Kier molecular flexibility index (Phi) is 7.60. The Morgan fingerprint density at radius 3 is 2.64 bits per heavy atom. The molecule has 1 aromatic carbocycles. The second kappa shape index (κ2) is 10.1. The second-order valence-electron chi connectivity index (χ2n) is 5.13. The third-order valence-corrected chi connectivity index (χ3v) is 3.40. The minimum atomic E-state index is 0.0624. The van der Waals surface area contributed by atoms with Crippen LogP contribution in [0.3, 0.4) is 0 Å². The zero-order valence-electron chi connectivity index (χ0n) is 13.1. The number of methoxy groups -OCH3 is 1. The maximum Gasteiger partial charge on any atom is 0.0928 e. The van der Waals surface area contributed by atoms with Gasteiger partial charge in [-0.25, -0.2) is 0 Å². The van der Waals surface area contributed by atoms with Crippen molar-refractivity contribution in [3.05, 3.63) is 66.0 Å². The molecule has 0 saturated heterocycles. The van der Waals surface area contributed by atoms with E-state index in [0.717, 1.165) is 25.2 Å². The van der Waals surface area contributed by atoms with Crippen LogP contribution in [0.1, 0.15) is 11.3 Å². The molecular weight excluding hydrogens is 276 g/mol. The van der Waals surface area contributed by atoms with Crippen LogP contribution in [0.4, 0.5) is 0 Å². The molecule has 0 saturated carbocycles. The molecule has 0 aliphatic carbocycles. The van der Waals surface area contributed by atoms with E-state index in [1.54, 1.807) is 7.11 Å². The van der Waals surface area contributed by atoms with Crippen molar-refractivity contribution in [3.63, 3.8) is 0 Å². The van der Waals surface area contributed by atoms with Crippen molar-refractivity contribution >= 4 is 0 Å². The van der Waals surface area contributed by atoms with Gasteiger partial charge in [-0.05, 0) is 17.7 Å². The van der Waals surface area contributed by atoms with E-state index in [1.165, 1.54) is 5.56 Å². The minimum Gasteiger partial charge on any atom is -0.378 e. The van der Waals surface area contributed by atoms with Crippen molar-refractivity contribution in [2.45, 2.75) is 19.1 Å². The lowest BCUT2D eigenvalue weighted by Gasteiger charge is -2.16. The topological polar surface area (TPSA) is 43.4 Å². The number of nitrogens with one attached hydrogen (secondary N) is 1. The molecule has 0 amide bonds. The molecule has 0 aliphatic rings. The van der Waals surface area contributed by atoms with Crippen molar-refractivity contribution in [2.24, 2.45) is 0 Å². The predicted molar refractivity (Wildman–Crippen MR) is 87.7 cm³/mol. The molecule has 1 atom stereocenters. The summed E-state index contributed by atoms with van der Waals surface area (Å²) in [4.78, 5) is 4.30. The summed E-state index contributed by atoms with van der Waals surface area (Å²) in [6, 6.07) is 16.2. The molecule has 1 heterocycles. The highest BCUT2D eigenvalue weighted by molar-refractivity contribution is 5.13. The van der Waals surface area contributed by atoms with Gasteiger partial charge < -0.3 is 14.8 Å². The van der Waals surface area contributed by atoms with Gasteiger partial charge in [0.05, 0.1) is 19.3 Å². The van der Waals surface area contributed by atoms with Crippen LogP contribution >= 0.6 is 0 Å². The molecule has 0 unspecified atom stereocenters. The van der Waals surface area contributed by atoms with E-state index in [9.17, 15) is 0 Å². The van der Waals surface area contributed by atoms with E-state index >= 15 is 0 Å². The summed E-state index contributed by atoms with van der Waals surface area (Å²) in [7, 11) is 1.72. The van der Waals surface area contributed by atoms with E-state index in [-0.39, 0.29) is 6.10 Å². The highest BCUT2D eigenvalue weighted by Gasteiger charge is 2.07. The second-order valence-corrected chi connectivity index (χ2v) is 5.13. The molecule has 0 spiro atoms. The summed E-state index contributed by atoms with van der Waals surface area (Å²) in [5.41, 5.74) is 2.28. The molecule has 2 rings (SSSR count). The summed E-state index contributed by atoms with van der Waals surface area (Å²) in [5.74, 6) is 0. The van der Waals surface area contributed by atoms with E-state index in [0.29, 0.717) is 13.2 Å². The third-order valence-electron chi connectivity index (χ3n) is 3.40. The fourth-order valence-corrected chi connectivity index (χ4v) is 2.12. The first-order valence-corrected chi connectivity index (χ1v) is 7.63. The summed E-state index contributed by atoms with van der Waals surface area (Å²) < 4.78 is 11.1. The number of rotatable bonds is 10. The normalized spacial score (nSPS) is 12.2. The monoisotopic (exact) mass is 300 g/mol. The molecule has 0 bridgehead atoms. The Labute approximate surface area is 132 Å². The Balaban J connectivity index is 1.58. The molecule has 0 radical (unpaired) electrons. The van der Waals surface area contributed by atoms with Crippen molar-refractivity contribution in [2.75, 3.05) is 26.8 Å².